The van der Waals surface area contributed by atoms with E-state index in [2.05, 4.69) is 21.2 Å². The molecule has 1 unspecified atom stereocenters. The summed E-state index contributed by atoms with van der Waals surface area (Å²) in [5.74, 6) is 0.169. The van der Waals surface area contributed by atoms with Crippen molar-refractivity contribution < 1.29 is 9.13 Å². The molecule has 0 amide bonds. The van der Waals surface area contributed by atoms with Crippen molar-refractivity contribution in [1.29, 1.82) is 0 Å². The van der Waals surface area contributed by atoms with Crippen molar-refractivity contribution in [2.45, 2.75) is 37.8 Å². The van der Waals surface area contributed by atoms with E-state index in [9.17, 15) is 4.39 Å². The van der Waals surface area contributed by atoms with Crippen LogP contribution in [0.3, 0.4) is 0 Å². The molecule has 1 fully saturated rings. The van der Waals surface area contributed by atoms with Gasteiger partial charge in [0, 0.05) is 22.1 Å². The van der Waals surface area contributed by atoms with Gasteiger partial charge in [-0.2, -0.15) is 0 Å². The Morgan fingerprint density at radius 2 is 2.12 bits per heavy atom. The van der Waals surface area contributed by atoms with Crippen LogP contribution < -0.4 is 10.1 Å². The monoisotopic (exact) mass is 299 g/mol. The van der Waals surface area contributed by atoms with Crippen LogP contribution in [-0.4, -0.2) is 12.6 Å². The number of nitrogens with one attached hydrogen (secondary N) is 1. The van der Waals surface area contributed by atoms with E-state index >= 15 is 0 Å². The number of ether oxygens (including phenoxy) is 1. The minimum absolute atomic E-state index is 0.213. The molecule has 0 aromatic heterocycles. The molecule has 0 saturated heterocycles. The predicted molar refractivity (Wildman–Crippen MR) is 67.7 cm³/mol. The first-order valence-electron chi connectivity index (χ1n) is 6.12. The lowest BCUT2D eigenvalue weighted by Crippen LogP contribution is -2.23. The van der Waals surface area contributed by atoms with Gasteiger partial charge in [-0.15, -0.1) is 0 Å². The number of benzene rings is 1. The van der Waals surface area contributed by atoms with E-state index in [1.807, 2.05) is 0 Å². The van der Waals surface area contributed by atoms with Crippen LogP contribution in [0, 0.1) is 5.82 Å². The summed E-state index contributed by atoms with van der Waals surface area (Å²) in [5.41, 5.74) is 0.953. The molecule has 4 heteroatoms. The summed E-state index contributed by atoms with van der Waals surface area (Å²) < 4.78 is 20.3. The van der Waals surface area contributed by atoms with Crippen LogP contribution in [-0.2, 0) is 0 Å². The average molecular weight is 300 g/mol. The summed E-state index contributed by atoms with van der Waals surface area (Å²) in [6.45, 7) is 0.600. The van der Waals surface area contributed by atoms with Gasteiger partial charge in [-0.3, -0.25) is 0 Å². The van der Waals surface area contributed by atoms with E-state index in [1.54, 1.807) is 6.07 Å². The van der Waals surface area contributed by atoms with E-state index in [4.69, 9.17) is 4.74 Å². The zero-order chi connectivity index (χ0) is 11.8. The molecular formula is C13H15BrFNO. The van der Waals surface area contributed by atoms with Gasteiger partial charge in [0.2, 0.25) is 0 Å². The van der Waals surface area contributed by atoms with Crippen LogP contribution in [0.4, 0.5) is 4.39 Å². The summed E-state index contributed by atoms with van der Waals surface area (Å²) >= 11 is 3.51. The zero-order valence-corrected chi connectivity index (χ0v) is 11.1. The Labute approximate surface area is 109 Å². The van der Waals surface area contributed by atoms with Crippen LogP contribution in [0.15, 0.2) is 16.6 Å². The van der Waals surface area contributed by atoms with Crippen molar-refractivity contribution in [3.8, 4) is 5.75 Å². The number of halogens is 2. The molecule has 1 saturated carbocycles. The van der Waals surface area contributed by atoms with Crippen molar-refractivity contribution in [3.63, 3.8) is 0 Å². The molecule has 3 rings (SSSR count). The smallest absolute Gasteiger partial charge is 0.165 e. The zero-order valence-electron chi connectivity index (χ0n) is 9.51. The fourth-order valence-electron chi connectivity index (χ4n) is 2.33. The number of fused-ring (bicyclic) bond motifs is 1. The SMILES string of the molecule is Fc1ccc(Br)c2c1OCCCC2NC1CC1. The molecule has 2 aliphatic rings. The van der Waals surface area contributed by atoms with Crippen LogP contribution in [0.2, 0.25) is 0 Å². The third-order valence-corrected chi connectivity index (χ3v) is 4.03. The maximum absolute atomic E-state index is 13.8. The maximum atomic E-state index is 13.8. The topological polar surface area (TPSA) is 21.3 Å². The van der Waals surface area contributed by atoms with Gasteiger partial charge in [0.25, 0.3) is 0 Å². The third-order valence-electron chi connectivity index (χ3n) is 3.34. The van der Waals surface area contributed by atoms with Crippen molar-refractivity contribution in [3.05, 3.63) is 28.0 Å². The summed E-state index contributed by atoms with van der Waals surface area (Å²) in [7, 11) is 0. The standard InChI is InChI=1S/C13H15BrFNO/c14-9-5-6-10(15)13-12(9)11(2-1-7-17-13)16-8-3-4-8/h5-6,8,11,16H,1-4,7H2. The minimum Gasteiger partial charge on any atom is -0.490 e. The predicted octanol–water partition coefficient (Wildman–Crippen LogP) is 3.55. The summed E-state index contributed by atoms with van der Waals surface area (Å²) in [6.07, 6.45) is 4.44. The Morgan fingerprint density at radius 3 is 2.88 bits per heavy atom. The molecule has 0 bridgehead atoms. The molecule has 1 aromatic carbocycles. The number of rotatable bonds is 2. The lowest BCUT2D eigenvalue weighted by Gasteiger charge is -2.19. The second-order valence-electron chi connectivity index (χ2n) is 4.76. The van der Waals surface area contributed by atoms with Gasteiger partial charge < -0.3 is 10.1 Å². The van der Waals surface area contributed by atoms with E-state index in [1.165, 1.54) is 18.9 Å². The lowest BCUT2D eigenvalue weighted by atomic mass is 10.0. The molecule has 17 heavy (non-hydrogen) atoms. The molecule has 1 heterocycles. The maximum Gasteiger partial charge on any atom is 0.165 e. The Kier molecular flexibility index (Phi) is 3.09. The molecule has 1 atom stereocenters. The van der Waals surface area contributed by atoms with Crippen molar-refractivity contribution >= 4 is 15.9 Å². The Balaban J connectivity index is 1.99. The van der Waals surface area contributed by atoms with Crippen molar-refractivity contribution in [2.24, 2.45) is 0 Å². The summed E-state index contributed by atoms with van der Waals surface area (Å²) in [6, 6.07) is 4.05. The van der Waals surface area contributed by atoms with E-state index < -0.39 is 0 Å². The summed E-state index contributed by atoms with van der Waals surface area (Å²) in [4.78, 5) is 0. The Bertz CT molecular complexity index is 434. The lowest BCUT2D eigenvalue weighted by molar-refractivity contribution is 0.300. The van der Waals surface area contributed by atoms with Gasteiger partial charge in [0.05, 0.1) is 6.61 Å². The van der Waals surface area contributed by atoms with Gasteiger partial charge in [0.1, 0.15) is 0 Å². The third kappa shape index (κ3) is 2.33. The molecule has 1 aliphatic heterocycles. The van der Waals surface area contributed by atoms with E-state index in [-0.39, 0.29) is 11.9 Å². The first-order valence-corrected chi connectivity index (χ1v) is 6.92. The van der Waals surface area contributed by atoms with Gasteiger partial charge in [-0.25, -0.2) is 4.39 Å². The minimum atomic E-state index is -0.257. The molecule has 0 radical (unpaired) electrons. The average Bonchev–Trinajstić information content (AvgIpc) is 3.12. The molecule has 1 aromatic rings. The van der Waals surface area contributed by atoms with Crippen LogP contribution in [0.25, 0.3) is 0 Å². The summed E-state index contributed by atoms with van der Waals surface area (Å²) in [5, 5.41) is 3.58. The van der Waals surface area contributed by atoms with Crippen LogP contribution in [0.5, 0.6) is 5.75 Å². The number of hydrogen-bond acceptors (Lipinski definition) is 2. The molecule has 2 nitrogen and oxygen atoms in total. The number of hydrogen-bond donors (Lipinski definition) is 1. The highest BCUT2D eigenvalue weighted by molar-refractivity contribution is 9.10. The first kappa shape index (κ1) is 11.5. The largest absolute Gasteiger partial charge is 0.490 e. The molecule has 1 aliphatic carbocycles. The second-order valence-corrected chi connectivity index (χ2v) is 5.61. The van der Waals surface area contributed by atoms with Crippen molar-refractivity contribution in [1.82, 2.24) is 5.32 Å². The molecule has 0 spiro atoms. The Morgan fingerprint density at radius 1 is 1.29 bits per heavy atom. The van der Waals surface area contributed by atoms with Gasteiger partial charge >= 0.3 is 0 Å². The fraction of sp³-hybridized carbons (Fsp3) is 0.538. The van der Waals surface area contributed by atoms with Crippen LogP contribution >= 0.6 is 15.9 Å². The molecule has 92 valence electrons. The van der Waals surface area contributed by atoms with Crippen LogP contribution in [0.1, 0.15) is 37.3 Å². The quantitative estimate of drug-likeness (QED) is 0.902. The fourth-order valence-corrected chi connectivity index (χ4v) is 2.92. The first-order chi connectivity index (χ1) is 8.25. The van der Waals surface area contributed by atoms with Gasteiger partial charge in [-0.1, -0.05) is 15.9 Å². The van der Waals surface area contributed by atoms with E-state index in [0.29, 0.717) is 18.4 Å². The van der Waals surface area contributed by atoms with Gasteiger partial charge in [0.15, 0.2) is 11.6 Å². The molecule has 1 N–H and O–H groups in total. The highest BCUT2D eigenvalue weighted by atomic mass is 79.9. The molecular weight excluding hydrogens is 285 g/mol. The Hall–Kier alpha value is -0.610. The normalized spacial score (nSPS) is 23.8. The highest BCUT2D eigenvalue weighted by Crippen LogP contribution is 2.40. The van der Waals surface area contributed by atoms with E-state index in [0.717, 1.165) is 22.9 Å². The van der Waals surface area contributed by atoms with Crippen molar-refractivity contribution in [2.75, 3.05) is 6.61 Å². The van der Waals surface area contributed by atoms with Gasteiger partial charge in [-0.05, 0) is 37.8 Å². The second kappa shape index (κ2) is 4.58. The highest BCUT2D eigenvalue weighted by Gasteiger charge is 2.30.